The van der Waals surface area contributed by atoms with Crippen LogP contribution in [0.25, 0.3) is 0 Å². The van der Waals surface area contributed by atoms with E-state index in [0.717, 1.165) is 36.4 Å². The number of aliphatic hydroxyl groups is 1. The number of alkyl halides is 3. The third kappa shape index (κ3) is 2.77. The molecule has 22 heavy (non-hydrogen) atoms. The van der Waals surface area contributed by atoms with Crippen LogP contribution >= 0.6 is 11.6 Å². The summed E-state index contributed by atoms with van der Waals surface area (Å²) >= 11 is 5.69. The Hall–Kier alpha value is -2.12. The van der Waals surface area contributed by atoms with E-state index in [2.05, 4.69) is 0 Å². The summed E-state index contributed by atoms with van der Waals surface area (Å²) < 4.78 is 40.3. The summed E-state index contributed by atoms with van der Waals surface area (Å²) in [5.41, 5.74) is -4.69. The first-order valence-corrected chi connectivity index (χ1v) is 6.34. The Bertz CT molecular complexity index is 703. The lowest BCUT2D eigenvalue weighted by Crippen LogP contribution is -2.43. The number of nitro benzene ring substituents is 1. The van der Waals surface area contributed by atoms with Crippen LogP contribution in [0.3, 0.4) is 0 Å². The summed E-state index contributed by atoms with van der Waals surface area (Å²) in [6.07, 6.45) is -5.03. The first-order valence-electron chi connectivity index (χ1n) is 5.96. The van der Waals surface area contributed by atoms with Crippen LogP contribution in [-0.2, 0) is 5.60 Å². The molecule has 0 bridgehead atoms. The monoisotopic (exact) mass is 331 g/mol. The van der Waals surface area contributed by atoms with Gasteiger partial charge in [0.15, 0.2) is 0 Å². The third-order valence-corrected chi connectivity index (χ3v) is 3.38. The van der Waals surface area contributed by atoms with Crippen LogP contribution in [0.2, 0.25) is 5.02 Å². The average molecular weight is 332 g/mol. The predicted molar refractivity (Wildman–Crippen MR) is 73.6 cm³/mol. The van der Waals surface area contributed by atoms with E-state index in [0.29, 0.717) is 0 Å². The zero-order valence-electron chi connectivity index (χ0n) is 10.8. The molecule has 0 radical (unpaired) electrons. The number of nitrogens with zero attached hydrogens (tertiary/aromatic N) is 1. The van der Waals surface area contributed by atoms with Crippen molar-refractivity contribution in [2.45, 2.75) is 11.8 Å². The molecular formula is C14H9ClF3NO3. The maximum atomic E-state index is 13.4. The van der Waals surface area contributed by atoms with Crippen LogP contribution in [-0.4, -0.2) is 16.2 Å². The molecule has 116 valence electrons. The van der Waals surface area contributed by atoms with Gasteiger partial charge in [0.1, 0.15) is 0 Å². The Morgan fingerprint density at radius 1 is 1.05 bits per heavy atom. The molecule has 2 rings (SSSR count). The van der Waals surface area contributed by atoms with Crippen molar-refractivity contribution in [2.75, 3.05) is 0 Å². The molecule has 2 aromatic carbocycles. The molecular weight excluding hydrogens is 323 g/mol. The highest BCUT2D eigenvalue weighted by Gasteiger charge is 2.56. The van der Waals surface area contributed by atoms with E-state index in [-0.39, 0.29) is 10.7 Å². The van der Waals surface area contributed by atoms with Crippen molar-refractivity contribution in [1.82, 2.24) is 0 Å². The molecule has 1 unspecified atom stereocenters. The summed E-state index contributed by atoms with van der Waals surface area (Å²) in [4.78, 5) is 9.84. The number of halogens is 4. The molecule has 0 aliphatic rings. The van der Waals surface area contributed by atoms with Crippen molar-refractivity contribution in [2.24, 2.45) is 0 Å². The lowest BCUT2D eigenvalue weighted by molar-refractivity contribution is -0.384. The minimum atomic E-state index is -5.03. The highest BCUT2D eigenvalue weighted by atomic mass is 35.5. The Morgan fingerprint density at radius 2 is 1.64 bits per heavy atom. The standard InChI is InChI=1S/C14H9ClF3NO3/c15-11-3-1-2-10(8-11)13(20,14(16,17)18)9-4-6-12(7-5-9)19(21)22/h1-8,20H. The number of rotatable bonds is 3. The highest BCUT2D eigenvalue weighted by molar-refractivity contribution is 6.30. The molecule has 2 aromatic rings. The molecule has 8 heteroatoms. The summed E-state index contributed by atoms with van der Waals surface area (Å²) in [7, 11) is 0. The molecule has 0 aliphatic carbocycles. The van der Waals surface area contributed by atoms with Gasteiger partial charge in [0.2, 0.25) is 5.60 Å². The zero-order chi connectivity index (χ0) is 16.5. The lowest BCUT2D eigenvalue weighted by atomic mass is 9.85. The Balaban J connectivity index is 2.62. The average Bonchev–Trinajstić information content (AvgIpc) is 2.45. The predicted octanol–water partition coefficient (Wildman–Crippen LogP) is 4.05. The molecule has 4 nitrogen and oxygen atoms in total. The van der Waals surface area contributed by atoms with E-state index in [1.807, 2.05) is 0 Å². The number of nitro groups is 1. The molecule has 0 aromatic heterocycles. The van der Waals surface area contributed by atoms with E-state index in [4.69, 9.17) is 11.6 Å². The molecule has 0 saturated heterocycles. The van der Waals surface area contributed by atoms with E-state index >= 15 is 0 Å². The fourth-order valence-electron chi connectivity index (χ4n) is 2.03. The first-order chi connectivity index (χ1) is 10.2. The Morgan fingerprint density at radius 3 is 2.09 bits per heavy atom. The minimum Gasteiger partial charge on any atom is -0.372 e. The maximum absolute atomic E-state index is 13.4. The molecule has 0 spiro atoms. The molecule has 0 fully saturated rings. The van der Waals surface area contributed by atoms with Gasteiger partial charge in [0.25, 0.3) is 5.69 Å². The van der Waals surface area contributed by atoms with Gasteiger partial charge in [0, 0.05) is 17.2 Å². The zero-order valence-corrected chi connectivity index (χ0v) is 11.6. The van der Waals surface area contributed by atoms with Gasteiger partial charge < -0.3 is 5.11 Å². The molecule has 1 atom stereocenters. The maximum Gasteiger partial charge on any atom is 0.425 e. The molecule has 0 saturated carbocycles. The van der Waals surface area contributed by atoms with Crippen LogP contribution in [0.1, 0.15) is 11.1 Å². The van der Waals surface area contributed by atoms with Gasteiger partial charge in [-0.15, -0.1) is 0 Å². The summed E-state index contributed by atoms with van der Waals surface area (Å²) in [6.45, 7) is 0. The molecule has 0 aliphatic heterocycles. The van der Waals surface area contributed by atoms with Crippen LogP contribution in [0.15, 0.2) is 48.5 Å². The SMILES string of the molecule is O=[N+]([O-])c1ccc(C(O)(c2cccc(Cl)c2)C(F)(F)F)cc1. The van der Waals surface area contributed by atoms with Crippen LogP contribution < -0.4 is 0 Å². The lowest BCUT2D eigenvalue weighted by Gasteiger charge is -2.31. The largest absolute Gasteiger partial charge is 0.425 e. The second-order valence-electron chi connectivity index (χ2n) is 4.52. The van der Waals surface area contributed by atoms with Gasteiger partial charge in [-0.1, -0.05) is 23.7 Å². The van der Waals surface area contributed by atoms with Gasteiger partial charge >= 0.3 is 6.18 Å². The fourth-order valence-corrected chi connectivity index (χ4v) is 2.22. The first kappa shape index (κ1) is 16.3. The van der Waals surface area contributed by atoms with Gasteiger partial charge in [-0.3, -0.25) is 10.1 Å². The number of non-ortho nitro benzene ring substituents is 1. The van der Waals surface area contributed by atoms with Crippen molar-refractivity contribution in [3.63, 3.8) is 0 Å². The summed E-state index contributed by atoms with van der Waals surface area (Å²) in [6, 6.07) is 8.26. The summed E-state index contributed by atoms with van der Waals surface area (Å²) in [5.74, 6) is 0. The third-order valence-electron chi connectivity index (χ3n) is 3.15. The Labute approximate surface area is 127 Å². The number of benzene rings is 2. The number of hydrogen-bond donors (Lipinski definition) is 1. The minimum absolute atomic E-state index is 0.0297. The second kappa shape index (κ2) is 5.58. The van der Waals surface area contributed by atoms with Gasteiger partial charge in [-0.2, -0.15) is 13.2 Å². The van der Waals surface area contributed by atoms with Crippen LogP contribution in [0.5, 0.6) is 0 Å². The summed E-state index contributed by atoms with van der Waals surface area (Å²) in [5, 5.41) is 20.9. The Kier molecular flexibility index (Phi) is 4.12. The normalized spacial score (nSPS) is 14.4. The van der Waals surface area contributed by atoms with Crippen molar-refractivity contribution < 1.29 is 23.2 Å². The molecule has 0 heterocycles. The van der Waals surface area contributed by atoms with Crippen molar-refractivity contribution in [3.8, 4) is 0 Å². The van der Waals surface area contributed by atoms with Crippen LogP contribution in [0.4, 0.5) is 18.9 Å². The smallest absolute Gasteiger partial charge is 0.372 e. The van der Waals surface area contributed by atoms with Gasteiger partial charge in [-0.05, 0) is 35.4 Å². The number of hydrogen-bond acceptors (Lipinski definition) is 3. The van der Waals surface area contributed by atoms with Gasteiger partial charge in [-0.25, -0.2) is 0 Å². The quantitative estimate of drug-likeness (QED) is 0.681. The van der Waals surface area contributed by atoms with Crippen LogP contribution in [0, 0.1) is 10.1 Å². The molecule has 1 N–H and O–H groups in total. The fraction of sp³-hybridized carbons (Fsp3) is 0.143. The molecule has 0 amide bonds. The van der Waals surface area contributed by atoms with Crippen molar-refractivity contribution in [3.05, 3.63) is 74.8 Å². The van der Waals surface area contributed by atoms with E-state index in [1.165, 1.54) is 12.1 Å². The van der Waals surface area contributed by atoms with Crippen molar-refractivity contribution in [1.29, 1.82) is 0 Å². The van der Waals surface area contributed by atoms with E-state index in [1.54, 1.807) is 0 Å². The topological polar surface area (TPSA) is 63.4 Å². The van der Waals surface area contributed by atoms with E-state index < -0.39 is 27.8 Å². The van der Waals surface area contributed by atoms with Crippen molar-refractivity contribution >= 4 is 17.3 Å². The van der Waals surface area contributed by atoms with E-state index in [9.17, 15) is 28.4 Å². The van der Waals surface area contributed by atoms with Gasteiger partial charge in [0.05, 0.1) is 4.92 Å². The second-order valence-corrected chi connectivity index (χ2v) is 4.96. The highest BCUT2D eigenvalue weighted by Crippen LogP contribution is 2.44.